The van der Waals surface area contributed by atoms with Crippen LogP contribution in [0.2, 0.25) is 0 Å². The Bertz CT molecular complexity index is 565. The molecule has 100 valence electrons. The zero-order valence-electron chi connectivity index (χ0n) is 9.94. The van der Waals surface area contributed by atoms with Gasteiger partial charge < -0.3 is 9.84 Å². The highest BCUT2D eigenvalue weighted by atomic mass is 32.2. The van der Waals surface area contributed by atoms with Crippen molar-refractivity contribution in [3.8, 4) is 5.75 Å². The molecule has 1 rings (SSSR count). The van der Waals surface area contributed by atoms with Gasteiger partial charge in [-0.05, 0) is 18.1 Å². The van der Waals surface area contributed by atoms with Crippen molar-refractivity contribution in [1.82, 2.24) is 0 Å². The number of ether oxygens (including phenoxy) is 1. The number of aliphatic carboxylic acids is 1. The van der Waals surface area contributed by atoms with Crippen molar-refractivity contribution >= 4 is 15.8 Å². The van der Waals surface area contributed by atoms with Gasteiger partial charge in [0.1, 0.15) is 4.90 Å². The normalized spacial score (nSPS) is 11.3. The Balaban J connectivity index is 3.25. The first-order valence-corrected chi connectivity index (χ1v) is 6.93. The van der Waals surface area contributed by atoms with E-state index >= 15 is 0 Å². The summed E-state index contributed by atoms with van der Waals surface area (Å²) in [6.07, 6.45) is 0.773. The lowest BCUT2D eigenvalue weighted by molar-refractivity contribution is -0.136. The number of carboxylic acids is 1. The van der Waals surface area contributed by atoms with E-state index in [0.717, 1.165) is 12.3 Å². The van der Waals surface area contributed by atoms with Crippen LogP contribution in [0.1, 0.15) is 12.0 Å². The molecule has 0 amide bonds. The number of halogens is 1. The number of aryl methyl sites for hydroxylation is 1. The van der Waals surface area contributed by atoms with Crippen molar-refractivity contribution in [2.24, 2.45) is 0 Å². The number of benzene rings is 1. The van der Waals surface area contributed by atoms with Crippen molar-refractivity contribution in [2.75, 3.05) is 13.4 Å². The molecule has 0 aliphatic carbocycles. The molecule has 1 N–H and O–H groups in total. The Morgan fingerprint density at radius 3 is 2.50 bits per heavy atom. The Morgan fingerprint density at radius 2 is 2.06 bits per heavy atom. The molecule has 1 aromatic rings. The van der Waals surface area contributed by atoms with Crippen LogP contribution in [0.5, 0.6) is 5.75 Å². The second-order valence-corrected chi connectivity index (χ2v) is 5.72. The van der Waals surface area contributed by atoms with Crippen LogP contribution in [-0.2, 0) is 21.1 Å². The summed E-state index contributed by atoms with van der Waals surface area (Å²) in [6.45, 7) is 0. The number of rotatable bonds is 5. The zero-order valence-corrected chi connectivity index (χ0v) is 10.8. The molecule has 7 heteroatoms. The summed E-state index contributed by atoms with van der Waals surface area (Å²) < 4.78 is 41.3. The molecule has 5 nitrogen and oxygen atoms in total. The highest BCUT2D eigenvalue weighted by molar-refractivity contribution is 7.90. The van der Waals surface area contributed by atoms with E-state index < -0.39 is 26.5 Å². The minimum atomic E-state index is -3.69. The lowest BCUT2D eigenvalue weighted by Crippen LogP contribution is -2.06. The Kier molecular flexibility index (Phi) is 4.28. The predicted molar refractivity (Wildman–Crippen MR) is 62.0 cm³/mol. The number of carboxylic acid groups (broad SMARTS) is 1. The summed E-state index contributed by atoms with van der Waals surface area (Å²) in [5.74, 6) is -2.23. The van der Waals surface area contributed by atoms with Gasteiger partial charge >= 0.3 is 5.97 Å². The number of methoxy groups -OCH3 is 1. The van der Waals surface area contributed by atoms with Crippen LogP contribution in [0, 0.1) is 5.82 Å². The first-order chi connectivity index (χ1) is 8.27. The molecule has 0 saturated heterocycles. The molecule has 0 aromatic heterocycles. The van der Waals surface area contributed by atoms with Gasteiger partial charge in [0, 0.05) is 12.7 Å². The van der Waals surface area contributed by atoms with E-state index in [0.29, 0.717) is 5.56 Å². The summed E-state index contributed by atoms with van der Waals surface area (Å²) in [7, 11) is -2.48. The third-order valence-corrected chi connectivity index (χ3v) is 3.47. The highest BCUT2D eigenvalue weighted by Gasteiger charge is 2.20. The van der Waals surface area contributed by atoms with E-state index in [1.807, 2.05) is 0 Å². The van der Waals surface area contributed by atoms with E-state index in [9.17, 15) is 17.6 Å². The molecular weight excluding hydrogens is 263 g/mol. The molecule has 0 spiro atoms. The van der Waals surface area contributed by atoms with E-state index in [1.54, 1.807) is 0 Å². The zero-order chi connectivity index (χ0) is 13.9. The molecule has 0 atom stereocenters. The molecule has 0 aliphatic heterocycles. The Labute approximate surface area is 104 Å². The van der Waals surface area contributed by atoms with Crippen LogP contribution in [0.25, 0.3) is 0 Å². The van der Waals surface area contributed by atoms with Gasteiger partial charge in [0.2, 0.25) is 0 Å². The monoisotopic (exact) mass is 276 g/mol. The standard InChI is InChI=1S/C11H13FO5S/c1-17-11-7(4-6-9(13)14)3-5-8(10(11)12)18(2,15)16/h3,5H,4,6H2,1-2H3,(H,13,14). The first-order valence-electron chi connectivity index (χ1n) is 5.04. The summed E-state index contributed by atoms with van der Waals surface area (Å²) in [6, 6.07) is 2.48. The van der Waals surface area contributed by atoms with E-state index in [2.05, 4.69) is 0 Å². The number of hydrogen-bond acceptors (Lipinski definition) is 4. The average Bonchev–Trinajstić information content (AvgIpc) is 2.24. The van der Waals surface area contributed by atoms with Crippen LogP contribution in [0.3, 0.4) is 0 Å². The fourth-order valence-corrected chi connectivity index (χ4v) is 2.26. The topological polar surface area (TPSA) is 80.7 Å². The summed E-state index contributed by atoms with van der Waals surface area (Å²) in [5, 5.41) is 8.56. The molecule has 0 aliphatic rings. The molecule has 0 fully saturated rings. The van der Waals surface area contributed by atoms with Crippen LogP contribution >= 0.6 is 0 Å². The summed E-state index contributed by atoms with van der Waals surface area (Å²) >= 11 is 0. The minimum absolute atomic E-state index is 0.0689. The summed E-state index contributed by atoms with van der Waals surface area (Å²) in [4.78, 5) is 9.99. The first kappa shape index (κ1) is 14.4. The molecule has 0 radical (unpaired) electrons. The predicted octanol–water partition coefficient (Wildman–Crippen LogP) is 1.26. The van der Waals surface area contributed by atoms with Crippen molar-refractivity contribution < 1.29 is 27.4 Å². The molecule has 1 aromatic carbocycles. The second-order valence-electron chi connectivity index (χ2n) is 3.74. The maximum Gasteiger partial charge on any atom is 0.303 e. The fraction of sp³-hybridized carbons (Fsp3) is 0.364. The van der Waals surface area contributed by atoms with Gasteiger partial charge in [-0.15, -0.1) is 0 Å². The third kappa shape index (κ3) is 3.19. The van der Waals surface area contributed by atoms with Crippen molar-refractivity contribution in [3.63, 3.8) is 0 Å². The Morgan fingerprint density at radius 1 is 1.44 bits per heavy atom. The molecule has 0 saturated carbocycles. The smallest absolute Gasteiger partial charge is 0.303 e. The SMILES string of the molecule is COc1c(CCC(=O)O)ccc(S(C)(=O)=O)c1F. The van der Waals surface area contributed by atoms with Gasteiger partial charge in [0.15, 0.2) is 21.4 Å². The van der Waals surface area contributed by atoms with Gasteiger partial charge in [-0.25, -0.2) is 12.8 Å². The van der Waals surface area contributed by atoms with Crippen molar-refractivity contribution in [1.29, 1.82) is 0 Å². The molecule has 0 bridgehead atoms. The Hall–Kier alpha value is -1.63. The minimum Gasteiger partial charge on any atom is -0.493 e. The van der Waals surface area contributed by atoms with Gasteiger partial charge in [-0.2, -0.15) is 0 Å². The molecular formula is C11H13FO5S. The van der Waals surface area contributed by atoms with Crippen LogP contribution in [0.15, 0.2) is 17.0 Å². The van der Waals surface area contributed by atoms with Gasteiger partial charge in [0.05, 0.1) is 7.11 Å². The van der Waals surface area contributed by atoms with Gasteiger partial charge in [-0.1, -0.05) is 6.07 Å². The van der Waals surface area contributed by atoms with E-state index in [4.69, 9.17) is 9.84 Å². The van der Waals surface area contributed by atoms with Gasteiger partial charge in [0.25, 0.3) is 0 Å². The van der Waals surface area contributed by atoms with E-state index in [-0.39, 0.29) is 18.6 Å². The molecule has 0 heterocycles. The maximum atomic E-state index is 13.9. The van der Waals surface area contributed by atoms with Crippen molar-refractivity contribution in [3.05, 3.63) is 23.5 Å². The third-order valence-electron chi connectivity index (χ3n) is 2.36. The van der Waals surface area contributed by atoms with E-state index in [1.165, 1.54) is 13.2 Å². The number of sulfone groups is 1. The lowest BCUT2D eigenvalue weighted by Gasteiger charge is -2.11. The van der Waals surface area contributed by atoms with Crippen LogP contribution in [0.4, 0.5) is 4.39 Å². The fourth-order valence-electron chi connectivity index (χ4n) is 1.52. The largest absolute Gasteiger partial charge is 0.493 e. The second kappa shape index (κ2) is 5.34. The summed E-state index contributed by atoms with van der Waals surface area (Å²) in [5.41, 5.74) is 0.324. The number of carbonyl (C=O) groups is 1. The van der Waals surface area contributed by atoms with Crippen LogP contribution < -0.4 is 4.74 Å². The molecule has 18 heavy (non-hydrogen) atoms. The van der Waals surface area contributed by atoms with Crippen molar-refractivity contribution in [2.45, 2.75) is 17.7 Å². The quantitative estimate of drug-likeness (QED) is 0.875. The van der Waals surface area contributed by atoms with Gasteiger partial charge in [-0.3, -0.25) is 4.79 Å². The van der Waals surface area contributed by atoms with Crippen LogP contribution in [-0.4, -0.2) is 32.9 Å². The highest BCUT2D eigenvalue weighted by Crippen LogP contribution is 2.29. The number of hydrogen-bond donors (Lipinski definition) is 1. The lowest BCUT2D eigenvalue weighted by atomic mass is 10.1. The molecule has 0 unspecified atom stereocenters. The maximum absolute atomic E-state index is 13.9. The average molecular weight is 276 g/mol.